The van der Waals surface area contributed by atoms with Crippen LogP contribution in [0.5, 0.6) is 0 Å². The largest absolute Gasteiger partial charge is 0.461 e. The third kappa shape index (κ3) is 4.99. The molecule has 1 heterocycles. The van der Waals surface area contributed by atoms with Crippen molar-refractivity contribution >= 4 is 28.7 Å². The van der Waals surface area contributed by atoms with E-state index in [1.807, 2.05) is 36.7 Å². The molecule has 2 fully saturated rings. The van der Waals surface area contributed by atoms with Crippen molar-refractivity contribution in [2.75, 3.05) is 0 Å². The summed E-state index contributed by atoms with van der Waals surface area (Å²) >= 11 is 0. The van der Waals surface area contributed by atoms with E-state index in [4.69, 9.17) is 20.2 Å². The van der Waals surface area contributed by atoms with Crippen LogP contribution in [0.4, 0.5) is 0 Å². The van der Waals surface area contributed by atoms with Crippen molar-refractivity contribution in [1.82, 2.24) is 9.55 Å². The molecule has 0 aliphatic heterocycles. The number of hydrogen-bond acceptors (Lipinski definition) is 6. The van der Waals surface area contributed by atoms with Gasteiger partial charge in [-0.15, -0.1) is 0 Å². The Hall–Kier alpha value is -3.71. The summed E-state index contributed by atoms with van der Waals surface area (Å²) < 4.78 is 13.5. The first-order valence-corrected chi connectivity index (χ1v) is 16.2. The third-order valence-electron chi connectivity index (χ3n) is 11.5. The number of para-hydroxylation sites is 2. The minimum absolute atomic E-state index is 0.126. The zero-order chi connectivity index (χ0) is 30.5. The van der Waals surface area contributed by atoms with Crippen LogP contribution >= 0.6 is 0 Å². The summed E-state index contributed by atoms with van der Waals surface area (Å²) in [7, 11) is 0. The Labute approximate surface area is 259 Å². The van der Waals surface area contributed by atoms with Crippen LogP contribution in [0.25, 0.3) is 16.7 Å². The fraction of sp³-hybridized carbons (Fsp3) is 0.486. The van der Waals surface area contributed by atoms with E-state index in [1.165, 1.54) is 29.6 Å². The van der Waals surface area contributed by atoms with Gasteiger partial charge in [0.2, 0.25) is 0 Å². The fourth-order valence-corrected chi connectivity index (χ4v) is 9.11. The summed E-state index contributed by atoms with van der Waals surface area (Å²) in [4.78, 5) is 29.9. The smallest absolute Gasteiger partial charge is 0.323 e. The van der Waals surface area contributed by atoms with E-state index in [0.29, 0.717) is 17.8 Å². The number of carbonyl (C=O) groups is 2. The molecule has 4 aliphatic rings. The number of benzene rings is 2. The van der Waals surface area contributed by atoms with Crippen LogP contribution in [0.2, 0.25) is 0 Å². The highest BCUT2D eigenvalue weighted by Crippen LogP contribution is 2.65. The van der Waals surface area contributed by atoms with Gasteiger partial charge in [-0.25, -0.2) is 4.98 Å². The molecule has 2 saturated carbocycles. The quantitative estimate of drug-likeness (QED) is 0.239. The Kier molecular flexibility index (Phi) is 7.48. The first kappa shape index (κ1) is 29.0. The van der Waals surface area contributed by atoms with E-state index in [-0.39, 0.29) is 30.0 Å². The van der Waals surface area contributed by atoms with E-state index in [9.17, 15) is 9.59 Å². The second-order valence-electron chi connectivity index (χ2n) is 13.9. The standard InChI is InChI=1S/C37H43N3O4/c1-36-18-16-26(44-35(42)30(38)21-34(41)43-22-24-8-4-3-5-9-24)20-25(36)12-13-27-28-14-15-33(37(28,2)19-17-29(27)36)40-23-39-31-10-6-7-11-32(31)40/h3-12,15,23,26-30H,13-14,16-22,38H2,1-2H3/t26-,27?,28?,29?,30?,36-,37-/m0/s1. The van der Waals surface area contributed by atoms with Crippen molar-refractivity contribution in [2.24, 2.45) is 34.3 Å². The van der Waals surface area contributed by atoms with Crippen LogP contribution in [-0.4, -0.2) is 33.6 Å². The number of fused-ring (bicyclic) bond motifs is 6. The van der Waals surface area contributed by atoms with Crippen LogP contribution in [0.15, 0.2) is 78.6 Å². The van der Waals surface area contributed by atoms with Crippen LogP contribution in [0.3, 0.4) is 0 Å². The average molecular weight is 594 g/mol. The van der Waals surface area contributed by atoms with E-state index < -0.39 is 18.0 Å². The maximum atomic E-state index is 12.9. The first-order chi connectivity index (χ1) is 21.3. The lowest BCUT2D eigenvalue weighted by molar-refractivity contribution is -0.157. The van der Waals surface area contributed by atoms with Gasteiger partial charge in [0.15, 0.2) is 0 Å². The number of rotatable bonds is 7. The Bertz CT molecular complexity index is 1630. The lowest BCUT2D eigenvalue weighted by Crippen LogP contribution is -2.50. The van der Waals surface area contributed by atoms with Gasteiger partial charge in [-0.2, -0.15) is 0 Å². The van der Waals surface area contributed by atoms with Crippen molar-refractivity contribution in [2.45, 2.75) is 84.0 Å². The molecule has 0 spiro atoms. The van der Waals surface area contributed by atoms with Crippen molar-refractivity contribution in [3.63, 3.8) is 0 Å². The van der Waals surface area contributed by atoms with Crippen LogP contribution < -0.4 is 5.73 Å². The lowest BCUT2D eigenvalue weighted by atomic mass is 9.47. The third-order valence-corrected chi connectivity index (χ3v) is 11.5. The van der Waals surface area contributed by atoms with Crippen molar-refractivity contribution in [3.8, 4) is 0 Å². The molecule has 0 bridgehead atoms. The Morgan fingerprint density at radius 3 is 2.59 bits per heavy atom. The number of esters is 2. The Balaban J connectivity index is 0.981. The minimum atomic E-state index is -1.02. The number of nitrogens with zero attached hydrogens (tertiary/aromatic N) is 2. The van der Waals surface area contributed by atoms with E-state index in [0.717, 1.165) is 43.2 Å². The minimum Gasteiger partial charge on any atom is -0.461 e. The summed E-state index contributed by atoms with van der Waals surface area (Å²) in [5.41, 5.74) is 12.3. The van der Waals surface area contributed by atoms with Crippen LogP contribution in [0, 0.1) is 28.6 Å². The zero-order valence-corrected chi connectivity index (χ0v) is 25.8. The predicted molar refractivity (Wildman–Crippen MR) is 170 cm³/mol. The molecule has 2 aromatic carbocycles. The highest BCUT2D eigenvalue weighted by molar-refractivity contribution is 5.82. The second-order valence-corrected chi connectivity index (χ2v) is 13.9. The number of imidazole rings is 1. The van der Waals surface area contributed by atoms with Gasteiger partial charge in [-0.1, -0.05) is 74.0 Å². The zero-order valence-electron chi connectivity index (χ0n) is 25.8. The van der Waals surface area contributed by atoms with Gasteiger partial charge < -0.3 is 19.8 Å². The monoisotopic (exact) mass is 593 g/mol. The molecule has 3 aromatic rings. The number of allylic oxidation sites excluding steroid dienone is 3. The molecule has 7 heteroatoms. The molecule has 44 heavy (non-hydrogen) atoms. The van der Waals surface area contributed by atoms with Gasteiger partial charge in [0, 0.05) is 17.5 Å². The van der Waals surface area contributed by atoms with Gasteiger partial charge in [0.1, 0.15) is 25.1 Å². The van der Waals surface area contributed by atoms with E-state index in [2.05, 4.69) is 54.8 Å². The molecule has 7 nitrogen and oxygen atoms in total. The molecule has 0 saturated heterocycles. The summed E-state index contributed by atoms with van der Waals surface area (Å²) in [6.45, 7) is 5.11. The number of nitrogens with two attached hydrogens (primary N) is 1. The van der Waals surface area contributed by atoms with Gasteiger partial charge in [-0.3, -0.25) is 9.59 Å². The summed E-state index contributed by atoms with van der Waals surface area (Å²) in [5.74, 6) is 0.869. The summed E-state index contributed by atoms with van der Waals surface area (Å²) in [6.07, 6.45) is 13.7. The highest BCUT2D eigenvalue weighted by Gasteiger charge is 2.57. The second kappa shape index (κ2) is 11.3. The van der Waals surface area contributed by atoms with Gasteiger partial charge in [-0.05, 0) is 79.4 Å². The molecular weight excluding hydrogens is 550 g/mol. The maximum absolute atomic E-state index is 12.9. The number of carbonyl (C=O) groups excluding carboxylic acids is 2. The molecule has 0 radical (unpaired) electrons. The van der Waals surface area contributed by atoms with Crippen LogP contribution in [0.1, 0.15) is 70.8 Å². The molecule has 230 valence electrons. The molecule has 7 atom stereocenters. The molecule has 1 aromatic heterocycles. The molecule has 7 rings (SSSR count). The SMILES string of the molecule is C[C@]12CC[C@H](OC(=O)C(N)CC(=O)OCc3ccccc3)CC1=CCC1C2CC[C@]2(C)C(n3cnc4ccccc43)=CCC12. The normalized spacial score (nSPS) is 31.6. The number of ether oxygens (including phenoxy) is 2. The van der Waals surface area contributed by atoms with E-state index >= 15 is 0 Å². The van der Waals surface area contributed by atoms with E-state index in [1.54, 1.807) is 0 Å². The highest BCUT2D eigenvalue weighted by atomic mass is 16.5. The molecule has 4 unspecified atom stereocenters. The number of aromatic nitrogens is 2. The van der Waals surface area contributed by atoms with Gasteiger partial charge >= 0.3 is 11.9 Å². The van der Waals surface area contributed by atoms with Crippen LogP contribution in [-0.2, 0) is 25.7 Å². The molecule has 4 aliphatic carbocycles. The Morgan fingerprint density at radius 2 is 1.75 bits per heavy atom. The van der Waals surface area contributed by atoms with Gasteiger partial charge in [0.25, 0.3) is 0 Å². The summed E-state index contributed by atoms with van der Waals surface area (Å²) in [6, 6.07) is 16.9. The summed E-state index contributed by atoms with van der Waals surface area (Å²) in [5, 5.41) is 0. The first-order valence-electron chi connectivity index (χ1n) is 16.2. The molecule has 2 N–H and O–H groups in total. The molecule has 0 amide bonds. The molecular formula is C37H43N3O4. The van der Waals surface area contributed by atoms with Crippen molar-refractivity contribution in [1.29, 1.82) is 0 Å². The fourth-order valence-electron chi connectivity index (χ4n) is 9.11. The van der Waals surface area contributed by atoms with Crippen molar-refractivity contribution < 1.29 is 19.1 Å². The van der Waals surface area contributed by atoms with Crippen molar-refractivity contribution in [3.05, 3.63) is 84.2 Å². The average Bonchev–Trinajstić information content (AvgIpc) is 3.61. The predicted octanol–water partition coefficient (Wildman–Crippen LogP) is 6.82. The topological polar surface area (TPSA) is 96.4 Å². The van der Waals surface area contributed by atoms with Gasteiger partial charge in [0.05, 0.1) is 17.5 Å². The maximum Gasteiger partial charge on any atom is 0.323 e. The lowest BCUT2D eigenvalue weighted by Gasteiger charge is -2.57. The Morgan fingerprint density at radius 1 is 0.977 bits per heavy atom. The number of hydrogen-bond donors (Lipinski definition) is 1.